The Morgan fingerprint density at radius 3 is 2.35 bits per heavy atom. The van der Waals surface area contributed by atoms with Crippen LogP contribution in [0.25, 0.3) is 0 Å². The second-order valence-electron chi connectivity index (χ2n) is 4.51. The van der Waals surface area contributed by atoms with E-state index in [1.807, 2.05) is 11.9 Å². The van der Waals surface area contributed by atoms with Crippen LogP contribution < -0.4 is 5.73 Å². The number of nitrogens with two attached hydrogens (primary N) is 1. The lowest BCUT2D eigenvalue weighted by Crippen LogP contribution is -2.45. The van der Waals surface area contributed by atoms with Crippen LogP contribution in [0.1, 0.15) is 0 Å². The molecule has 0 spiro atoms. The minimum absolute atomic E-state index is 0.153. The molecule has 1 heterocycles. The number of carbonyl (C=O) groups excluding carboxylic acids is 1. The van der Waals surface area contributed by atoms with Gasteiger partial charge in [-0.05, 0) is 7.05 Å². The molecule has 7 nitrogen and oxygen atoms in total. The van der Waals surface area contributed by atoms with Crippen LogP contribution in [0.3, 0.4) is 0 Å². The van der Waals surface area contributed by atoms with Gasteiger partial charge in [0.1, 0.15) is 0 Å². The Morgan fingerprint density at radius 1 is 1.29 bits per heavy atom. The van der Waals surface area contributed by atoms with Gasteiger partial charge in [0.05, 0.1) is 5.92 Å². The molecule has 2 N–H and O–H groups in total. The van der Waals surface area contributed by atoms with Crippen molar-refractivity contribution in [3.05, 3.63) is 0 Å². The highest BCUT2D eigenvalue weighted by molar-refractivity contribution is 7.86. The van der Waals surface area contributed by atoms with Gasteiger partial charge in [0.15, 0.2) is 0 Å². The van der Waals surface area contributed by atoms with E-state index in [0.717, 1.165) is 4.31 Å². The minimum Gasteiger partial charge on any atom is -0.369 e. The Morgan fingerprint density at radius 2 is 1.88 bits per heavy atom. The Bertz CT molecular complexity index is 382. The molecule has 8 heteroatoms. The Labute approximate surface area is 102 Å². The van der Waals surface area contributed by atoms with E-state index in [9.17, 15) is 13.2 Å². The number of rotatable bonds is 3. The van der Waals surface area contributed by atoms with E-state index in [4.69, 9.17) is 5.73 Å². The summed E-state index contributed by atoms with van der Waals surface area (Å²) in [6.07, 6.45) is 0. The average Bonchev–Trinajstić information content (AvgIpc) is 2.40. The molecular formula is C9H20N4O3S. The monoisotopic (exact) mass is 264 g/mol. The van der Waals surface area contributed by atoms with E-state index in [1.165, 1.54) is 18.4 Å². The van der Waals surface area contributed by atoms with Gasteiger partial charge in [-0.25, -0.2) is 0 Å². The lowest BCUT2D eigenvalue weighted by molar-refractivity contribution is -0.122. The molecule has 1 aliphatic rings. The summed E-state index contributed by atoms with van der Waals surface area (Å²) in [5, 5.41) is 0. The summed E-state index contributed by atoms with van der Waals surface area (Å²) in [4.78, 5) is 13.2. The number of hydrogen-bond acceptors (Lipinski definition) is 4. The van der Waals surface area contributed by atoms with Crippen LogP contribution in [0, 0.1) is 5.92 Å². The SMILES string of the molecule is CN1CCN(S(=O)(=O)N(C)C)CC(C(N)=O)C1. The van der Waals surface area contributed by atoms with Crippen molar-refractivity contribution in [2.45, 2.75) is 0 Å². The first-order valence-corrected chi connectivity index (χ1v) is 6.80. The minimum atomic E-state index is -3.48. The molecule has 17 heavy (non-hydrogen) atoms. The van der Waals surface area contributed by atoms with Gasteiger partial charge < -0.3 is 10.6 Å². The van der Waals surface area contributed by atoms with Crippen molar-refractivity contribution in [2.24, 2.45) is 11.7 Å². The molecule has 100 valence electrons. The summed E-state index contributed by atoms with van der Waals surface area (Å²) in [6.45, 7) is 1.62. The number of carbonyl (C=O) groups is 1. The number of amides is 1. The Hall–Kier alpha value is -0.700. The van der Waals surface area contributed by atoms with Crippen LogP contribution in [-0.4, -0.2) is 75.2 Å². The van der Waals surface area contributed by atoms with Crippen molar-refractivity contribution in [1.29, 1.82) is 0 Å². The zero-order valence-electron chi connectivity index (χ0n) is 10.5. The van der Waals surface area contributed by atoms with Crippen molar-refractivity contribution in [3.63, 3.8) is 0 Å². The molecular weight excluding hydrogens is 244 g/mol. The van der Waals surface area contributed by atoms with Crippen LogP contribution >= 0.6 is 0 Å². The molecule has 0 aliphatic carbocycles. The van der Waals surface area contributed by atoms with Crippen molar-refractivity contribution >= 4 is 16.1 Å². The van der Waals surface area contributed by atoms with Gasteiger partial charge >= 0.3 is 0 Å². The molecule has 0 aromatic rings. The molecule has 0 bridgehead atoms. The normalized spacial score (nSPS) is 24.8. The van der Waals surface area contributed by atoms with Crippen LogP contribution in [0.4, 0.5) is 0 Å². The summed E-state index contributed by atoms with van der Waals surface area (Å²) in [5.74, 6) is -0.921. The molecule has 1 fully saturated rings. The van der Waals surface area contributed by atoms with Gasteiger partial charge in [-0.15, -0.1) is 0 Å². The Balaban J connectivity index is 2.91. The predicted molar refractivity (Wildman–Crippen MR) is 64.4 cm³/mol. The summed E-state index contributed by atoms with van der Waals surface area (Å²) in [7, 11) is 1.32. The van der Waals surface area contributed by atoms with E-state index in [0.29, 0.717) is 19.6 Å². The number of hydrogen-bond donors (Lipinski definition) is 1. The highest BCUT2D eigenvalue weighted by Crippen LogP contribution is 2.13. The third kappa shape index (κ3) is 3.38. The summed E-state index contributed by atoms with van der Waals surface area (Å²) >= 11 is 0. The molecule has 0 radical (unpaired) electrons. The molecule has 1 atom stereocenters. The van der Waals surface area contributed by atoms with Crippen LogP contribution in [-0.2, 0) is 15.0 Å². The van der Waals surface area contributed by atoms with Crippen molar-refractivity contribution in [3.8, 4) is 0 Å². The van der Waals surface area contributed by atoms with E-state index in [2.05, 4.69) is 0 Å². The fourth-order valence-electron chi connectivity index (χ4n) is 1.77. The fraction of sp³-hybridized carbons (Fsp3) is 0.889. The molecule has 1 amide bonds. The van der Waals surface area contributed by atoms with Gasteiger partial charge in [-0.3, -0.25) is 4.79 Å². The first-order chi connectivity index (χ1) is 7.75. The topological polar surface area (TPSA) is 87.0 Å². The molecule has 1 aliphatic heterocycles. The van der Waals surface area contributed by atoms with Crippen molar-refractivity contribution in [2.75, 3.05) is 47.3 Å². The third-order valence-electron chi connectivity index (χ3n) is 2.88. The predicted octanol–water partition coefficient (Wildman–Crippen LogP) is -1.86. The zero-order chi connectivity index (χ0) is 13.2. The molecule has 0 aromatic carbocycles. The summed E-state index contributed by atoms with van der Waals surface area (Å²) in [6, 6.07) is 0. The maximum Gasteiger partial charge on any atom is 0.281 e. The van der Waals surface area contributed by atoms with Crippen LogP contribution in [0.5, 0.6) is 0 Å². The maximum atomic E-state index is 12.0. The number of likely N-dealkylation sites (N-methyl/N-ethyl adjacent to an activating group) is 1. The largest absolute Gasteiger partial charge is 0.369 e. The fourth-order valence-corrected chi connectivity index (χ4v) is 2.91. The maximum absolute atomic E-state index is 12.0. The first kappa shape index (κ1) is 14.4. The highest BCUT2D eigenvalue weighted by Gasteiger charge is 2.32. The second-order valence-corrected chi connectivity index (χ2v) is 6.65. The summed E-state index contributed by atoms with van der Waals surface area (Å²) in [5.41, 5.74) is 5.28. The van der Waals surface area contributed by atoms with Gasteiger partial charge in [0, 0.05) is 40.3 Å². The van der Waals surface area contributed by atoms with Gasteiger partial charge in [0.25, 0.3) is 10.2 Å². The second kappa shape index (κ2) is 5.30. The molecule has 0 saturated carbocycles. The van der Waals surface area contributed by atoms with E-state index in [1.54, 1.807) is 0 Å². The van der Waals surface area contributed by atoms with Gasteiger partial charge in [-0.2, -0.15) is 17.0 Å². The standard InChI is InChI=1S/C9H20N4O3S/c1-11(2)17(15,16)13-5-4-12(3)6-8(7-13)9(10)14/h8H,4-7H2,1-3H3,(H2,10,14). The van der Waals surface area contributed by atoms with Crippen LogP contribution in [0.2, 0.25) is 0 Å². The van der Waals surface area contributed by atoms with Gasteiger partial charge in [0.2, 0.25) is 5.91 Å². The highest BCUT2D eigenvalue weighted by atomic mass is 32.2. The van der Waals surface area contributed by atoms with E-state index >= 15 is 0 Å². The van der Waals surface area contributed by atoms with Gasteiger partial charge in [-0.1, -0.05) is 0 Å². The summed E-state index contributed by atoms with van der Waals surface area (Å²) < 4.78 is 26.4. The lowest BCUT2D eigenvalue weighted by atomic mass is 10.1. The number of nitrogens with zero attached hydrogens (tertiary/aromatic N) is 3. The van der Waals surface area contributed by atoms with E-state index in [-0.39, 0.29) is 6.54 Å². The van der Waals surface area contributed by atoms with Crippen molar-refractivity contribution < 1.29 is 13.2 Å². The molecule has 1 unspecified atom stereocenters. The molecule has 1 rings (SSSR count). The molecule has 0 aromatic heterocycles. The van der Waals surface area contributed by atoms with E-state index < -0.39 is 22.0 Å². The Kier molecular flexibility index (Phi) is 4.48. The molecule has 1 saturated heterocycles. The average molecular weight is 264 g/mol. The number of primary amides is 1. The quantitative estimate of drug-likeness (QED) is 0.648. The van der Waals surface area contributed by atoms with Crippen molar-refractivity contribution in [1.82, 2.24) is 13.5 Å². The lowest BCUT2D eigenvalue weighted by Gasteiger charge is -2.25. The third-order valence-corrected chi connectivity index (χ3v) is 4.78. The zero-order valence-corrected chi connectivity index (χ0v) is 11.3. The van der Waals surface area contributed by atoms with Crippen LogP contribution in [0.15, 0.2) is 0 Å². The first-order valence-electron chi connectivity index (χ1n) is 5.40. The smallest absolute Gasteiger partial charge is 0.281 e.